The maximum absolute atomic E-state index is 10.6. The number of carbonyl (C=O) groups excluding carboxylic acids is 1. The minimum absolute atomic E-state index is 0.266. The number of Topliss-reactive ketones (excluding diaryl/α,β-unsaturated/α-hetero) is 1. The Kier molecular flexibility index (Phi) is 1.29. The summed E-state index contributed by atoms with van der Waals surface area (Å²) in [7, 11) is 0. The second-order valence-electron chi connectivity index (χ2n) is 2.03. The Labute approximate surface area is 52.9 Å². The Morgan fingerprint density at radius 2 is 2.56 bits per heavy atom. The molecule has 3 heteroatoms. The molecule has 0 radical (unpaired) electrons. The fourth-order valence-corrected chi connectivity index (χ4v) is 0.643. The van der Waals surface area contributed by atoms with Crippen LogP contribution in [-0.2, 0) is 9.53 Å². The van der Waals surface area contributed by atoms with Crippen LogP contribution in [0.25, 0.3) is 0 Å². The first-order valence-electron chi connectivity index (χ1n) is 2.71. The first-order chi connectivity index (χ1) is 4.15. The van der Waals surface area contributed by atoms with Gasteiger partial charge in [-0.15, -0.1) is 0 Å². The fraction of sp³-hybridized carbons (Fsp3) is 0.500. The SMILES string of the molecule is CC(=O)C1(O)CC=CO1. The molecule has 0 aliphatic carbocycles. The molecule has 9 heavy (non-hydrogen) atoms. The maximum atomic E-state index is 10.6. The van der Waals surface area contributed by atoms with Gasteiger partial charge in [-0.1, -0.05) is 0 Å². The fourth-order valence-electron chi connectivity index (χ4n) is 0.643. The number of aliphatic hydroxyl groups is 1. The predicted octanol–water partition coefficient (Wildman–Crippen LogP) is 0.198. The van der Waals surface area contributed by atoms with Crippen molar-refractivity contribution >= 4 is 5.78 Å². The quantitative estimate of drug-likeness (QED) is 0.548. The maximum Gasteiger partial charge on any atom is 0.270 e. The first kappa shape index (κ1) is 6.29. The van der Waals surface area contributed by atoms with Crippen molar-refractivity contribution in [1.29, 1.82) is 0 Å². The highest BCUT2D eigenvalue weighted by Gasteiger charge is 2.35. The molecule has 0 saturated heterocycles. The van der Waals surface area contributed by atoms with Crippen LogP contribution in [0.2, 0.25) is 0 Å². The minimum Gasteiger partial charge on any atom is -0.463 e. The second-order valence-corrected chi connectivity index (χ2v) is 2.03. The van der Waals surface area contributed by atoms with Crippen molar-refractivity contribution in [2.45, 2.75) is 19.1 Å². The topological polar surface area (TPSA) is 46.5 Å². The lowest BCUT2D eigenvalue weighted by Gasteiger charge is -2.17. The van der Waals surface area contributed by atoms with Crippen LogP contribution in [0.1, 0.15) is 13.3 Å². The number of carbonyl (C=O) groups is 1. The number of rotatable bonds is 1. The zero-order valence-corrected chi connectivity index (χ0v) is 5.13. The number of ether oxygens (including phenoxy) is 1. The number of hydrogen-bond donors (Lipinski definition) is 1. The molecule has 1 N–H and O–H groups in total. The molecule has 0 aromatic heterocycles. The molecule has 0 aromatic carbocycles. The lowest BCUT2D eigenvalue weighted by molar-refractivity contribution is -0.175. The van der Waals surface area contributed by atoms with Gasteiger partial charge in [0.15, 0.2) is 0 Å². The summed E-state index contributed by atoms with van der Waals surface area (Å²) in [5.41, 5.74) is 0. The summed E-state index contributed by atoms with van der Waals surface area (Å²) >= 11 is 0. The lowest BCUT2D eigenvalue weighted by Crippen LogP contribution is -2.35. The van der Waals surface area contributed by atoms with E-state index >= 15 is 0 Å². The summed E-state index contributed by atoms with van der Waals surface area (Å²) < 4.78 is 4.63. The predicted molar refractivity (Wildman–Crippen MR) is 30.5 cm³/mol. The smallest absolute Gasteiger partial charge is 0.270 e. The molecule has 1 atom stereocenters. The van der Waals surface area contributed by atoms with Gasteiger partial charge >= 0.3 is 0 Å². The van der Waals surface area contributed by atoms with Crippen molar-refractivity contribution in [2.75, 3.05) is 0 Å². The van der Waals surface area contributed by atoms with Gasteiger partial charge in [0.05, 0.1) is 6.26 Å². The molecule has 3 nitrogen and oxygen atoms in total. The van der Waals surface area contributed by atoms with Crippen LogP contribution in [0.15, 0.2) is 12.3 Å². The molecule has 1 unspecified atom stereocenters. The normalized spacial score (nSPS) is 32.2. The van der Waals surface area contributed by atoms with Gasteiger partial charge in [0, 0.05) is 13.3 Å². The average molecular weight is 128 g/mol. The first-order valence-corrected chi connectivity index (χ1v) is 2.71. The summed E-state index contributed by atoms with van der Waals surface area (Å²) in [5.74, 6) is -1.91. The van der Waals surface area contributed by atoms with Gasteiger partial charge in [-0.05, 0) is 6.08 Å². The van der Waals surface area contributed by atoms with Gasteiger partial charge in [-0.2, -0.15) is 0 Å². The van der Waals surface area contributed by atoms with Crippen LogP contribution in [0.5, 0.6) is 0 Å². The molecular weight excluding hydrogens is 120 g/mol. The van der Waals surface area contributed by atoms with E-state index in [1.54, 1.807) is 6.08 Å². The molecule has 1 heterocycles. The van der Waals surface area contributed by atoms with Crippen molar-refractivity contribution in [3.63, 3.8) is 0 Å². The highest BCUT2D eigenvalue weighted by atomic mass is 16.6. The van der Waals surface area contributed by atoms with Gasteiger partial charge in [-0.25, -0.2) is 0 Å². The molecule has 1 aliphatic heterocycles. The van der Waals surface area contributed by atoms with Crippen molar-refractivity contribution in [2.24, 2.45) is 0 Å². The van der Waals surface area contributed by atoms with Crippen LogP contribution in [0, 0.1) is 0 Å². The molecule has 0 fully saturated rings. The van der Waals surface area contributed by atoms with E-state index in [0.717, 1.165) is 0 Å². The summed E-state index contributed by atoms with van der Waals surface area (Å²) in [5, 5.41) is 9.13. The Bertz CT molecular complexity index is 152. The summed E-state index contributed by atoms with van der Waals surface area (Å²) in [6, 6.07) is 0. The third-order valence-electron chi connectivity index (χ3n) is 1.30. The van der Waals surface area contributed by atoms with Crippen LogP contribution in [-0.4, -0.2) is 16.7 Å². The molecule has 1 rings (SSSR count). The van der Waals surface area contributed by atoms with Gasteiger partial charge in [0.2, 0.25) is 5.78 Å². The molecule has 0 amide bonds. The molecule has 1 aliphatic rings. The van der Waals surface area contributed by atoms with E-state index in [0.29, 0.717) is 0 Å². The standard InChI is InChI=1S/C6H8O3/c1-5(7)6(8)3-2-4-9-6/h2,4,8H,3H2,1H3. The number of ketones is 1. The summed E-state index contributed by atoms with van der Waals surface area (Å²) in [6.45, 7) is 1.30. The summed E-state index contributed by atoms with van der Waals surface area (Å²) in [6.07, 6.45) is 3.21. The third-order valence-corrected chi connectivity index (χ3v) is 1.30. The minimum atomic E-state index is -1.56. The highest BCUT2D eigenvalue weighted by molar-refractivity contribution is 5.83. The molecule has 0 aromatic rings. The van der Waals surface area contributed by atoms with E-state index in [1.165, 1.54) is 13.2 Å². The van der Waals surface area contributed by atoms with E-state index in [9.17, 15) is 4.79 Å². The highest BCUT2D eigenvalue weighted by Crippen LogP contribution is 2.20. The zero-order chi connectivity index (χ0) is 6.91. The van der Waals surface area contributed by atoms with E-state index in [-0.39, 0.29) is 12.2 Å². The Balaban J connectivity index is 2.66. The van der Waals surface area contributed by atoms with Crippen LogP contribution in [0.3, 0.4) is 0 Å². The average Bonchev–Trinajstić information content (AvgIpc) is 2.16. The van der Waals surface area contributed by atoms with Crippen LogP contribution >= 0.6 is 0 Å². The van der Waals surface area contributed by atoms with E-state index in [4.69, 9.17) is 5.11 Å². The van der Waals surface area contributed by atoms with Crippen LogP contribution in [0.4, 0.5) is 0 Å². The van der Waals surface area contributed by atoms with Crippen molar-refractivity contribution in [1.82, 2.24) is 0 Å². The van der Waals surface area contributed by atoms with Gasteiger partial charge < -0.3 is 9.84 Å². The monoisotopic (exact) mass is 128 g/mol. The zero-order valence-electron chi connectivity index (χ0n) is 5.13. The van der Waals surface area contributed by atoms with Gasteiger partial charge in [-0.3, -0.25) is 4.79 Å². The number of hydrogen-bond acceptors (Lipinski definition) is 3. The van der Waals surface area contributed by atoms with Crippen molar-refractivity contribution in [3.8, 4) is 0 Å². The van der Waals surface area contributed by atoms with Crippen LogP contribution < -0.4 is 0 Å². The Morgan fingerprint density at radius 1 is 1.89 bits per heavy atom. The Hall–Kier alpha value is -0.830. The lowest BCUT2D eigenvalue weighted by atomic mass is 10.1. The second kappa shape index (κ2) is 1.84. The summed E-state index contributed by atoms with van der Waals surface area (Å²) in [4.78, 5) is 10.6. The third kappa shape index (κ3) is 0.954. The van der Waals surface area contributed by atoms with E-state index in [2.05, 4.69) is 4.74 Å². The van der Waals surface area contributed by atoms with Crippen molar-refractivity contribution < 1.29 is 14.6 Å². The molecule has 0 saturated carbocycles. The van der Waals surface area contributed by atoms with Gasteiger partial charge in [0.1, 0.15) is 0 Å². The van der Waals surface area contributed by atoms with E-state index in [1.807, 2.05) is 0 Å². The van der Waals surface area contributed by atoms with E-state index < -0.39 is 5.79 Å². The Morgan fingerprint density at radius 3 is 2.78 bits per heavy atom. The van der Waals surface area contributed by atoms with Gasteiger partial charge in [0.25, 0.3) is 5.79 Å². The molecule has 0 bridgehead atoms. The van der Waals surface area contributed by atoms with Crippen molar-refractivity contribution in [3.05, 3.63) is 12.3 Å². The molecular formula is C6H8O3. The molecule has 50 valence electrons. The largest absolute Gasteiger partial charge is 0.463 e. The molecule has 0 spiro atoms.